The lowest BCUT2D eigenvalue weighted by atomic mass is 10.1. The molecule has 4 heteroatoms. The fraction of sp³-hybridized carbons (Fsp3) is 0.235. The van der Waals surface area contributed by atoms with Gasteiger partial charge in [-0.2, -0.15) is 0 Å². The van der Waals surface area contributed by atoms with Crippen LogP contribution in [0.1, 0.15) is 24.1 Å². The molecule has 0 saturated heterocycles. The smallest absolute Gasteiger partial charge is 0.217 e. The van der Waals surface area contributed by atoms with Gasteiger partial charge in [-0.15, -0.1) is 0 Å². The van der Waals surface area contributed by atoms with E-state index in [0.717, 1.165) is 11.1 Å². The quantitative estimate of drug-likeness (QED) is 0.878. The Morgan fingerprint density at radius 3 is 2.76 bits per heavy atom. The van der Waals surface area contributed by atoms with Gasteiger partial charge >= 0.3 is 0 Å². The monoisotopic (exact) mass is 283 g/mol. The van der Waals surface area contributed by atoms with Crippen molar-refractivity contribution in [2.75, 3.05) is 6.61 Å². The van der Waals surface area contributed by atoms with Crippen LogP contribution in [-0.2, 0) is 4.74 Å². The molecule has 1 aliphatic heterocycles. The molecule has 2 atom stereocenters. The van der Waals surface area contributed by atoms with Crippen molar-refractivity contribution in [1.82, 2.24) is 0 Å². The molecular formula is C17H17NO3. The van der Waals surface area contributed by atoms with E-state index in [1.165, 1.54) is 0 Å². The summed E-state index contributed by atoms with van der Waals surface area (Å²) in [5.74, 6) is 1.21. The van der Waals surface area contributed by atoms with Crippen LogP contribution < -0.4 is 4.74 Å². The van der Waals surface area contributed by atoms with Crippen molar-refractivity contribution in [3.05, 3.63) is 65.7 Å². The fourth-order valence-electron chi connectivity index (χ4n) is 2.28. The van der Waals surface area contributed by atoms with E-state index in [-0.39, 0.29) is 6.04 Å². The number of hydrogen-bond donors (Lipinski definition) is 1. The topological polar surface area (TPSA) is 51.0 Å². The minimum atomic E-state index is -0.844. The predicted molar refractivity (Wildman–Crippen MR) is 80.4 cm³/mol. The van der Waals surface area contributed by atoms with Crippen molar-refractivity contribution < 1.29 is 14.6 Å². The SMILES string of the molecule is CC(O)Oc1cccc(C2=N[C@H](c3ccccc3)CO2)c1. The highest BCUT2D eigenvalue weighted by Gasteiger charge is 2.21. The van der Waals surface area contributed by atoms with Gasteiger partial charge in [-0.05, 0) is 30.7 Å². The molecule has 0 radical (unpaired) electrons. The van der Waals surface area contributed by atoms with Gasteiger partial charge < -0.3 is 14.6 Å². The summed E-state index contributed by atoms with van der Waals surface area (Å²) in [6.07, 6.45) is -0.844. The van der Waals surface area contributed by atoms with Crippen molar-refractivity contribution >= 4 is 5.90 Å². The van der Waals surface area contributed by atoms with Crippen molar-refractivity contribution in [2.24, 2.45) is 4.99 Å². The lowest BCUT2D eigenvalue weighted by Gasteiger charge is -2.09. The first-order chi connectivity index (χ1) is 10.2. The van der Waals surface area contributed by atoms with Crippen LogP contribution in [0.3, 0.4) is 0 Å². The molecule has 0 amide bonds. The van der Waals surface area contributed by atoms with Crippen LogP contribution in [-0.4, -0.2) is 23.9 Å². The zero-order valence-corrected chi connectivity index (χ0v) is 11.8. The molecule has 4 nitrogen and oxygen atoms in total. The molecule has 0 bridgehead atoms. The first-order valence-electron chi connectivity index (χ1n) is 6.93. The van der Waals surface area contributed by atoms with E-state index >= 15 is 0 Å². The van der Waals surface area contributed by atoms with Crippen molar-refractivity contribution in [3.8, 4) is 5.75 Å². The lowest BCUT2D eigenvalue weighted by Crippen LogP contribution is -2.10. The standard InChI is InChI=1S/C17H17NO3/c1-12(19)21-15-9-5-8-14(10-15)17-18-16(11-20-17)13-6-3-2-4-7-13/h2-10,12,16,19H,11H2,1H3/t12?,16-/m0/s1. The number of benzene rings is 2. The Hall–Kier alpha value is -2.33. The third-order valence-corrected chi connectivity index (χ3v) is 3.22. The number of aliphatic hydroxyl groups is 1. The number of nitrogens with zero attached hydrogens (tertiary/aromatic N) is 1. The Morgan fingerprint density at radius 1 is 1.19 bits per heavy atom. The van der Waals surface area contributed by atoms with Crippen LogP contribution in [0.5, 0.6) is 5.75 Å². The highest BCUT2D eigenvalue weighted by Crippen LogP contribution is 2.26. The van der Waals surface area contributed by atoms with Gasteiger partial charge in [-0.3, -0.25) is 0 Å². The second-order valence-electron chi connectivity index (χ2n) is 4.92. The molecule has 1 unspecified atom stereocenters. The summed E-state index contributed by atoms with van der Waals surface area (Å²) in [4.78, 5) is 4.63. The van der Waals surface area contributed by atoms with Gasteiger partial charge in [0.15, 0.2) is 6.29 Å². The molecule has 21 heavy (non-hydrogen) atoms. The molecule has 0 spiro atoms. The highest BCUT2D eigenvalue weighted by atomic mass is 16.6. The molecule has 0 aliphatic carbocycles. The third kappa shape index (κ3) is 3.23. The molecule has 1 aliphatic rings. The first kappa shape index (κ1) is 13.6. The Bertz CT molecular complexity index is 637. The summed E-state index contributed by atoms with van der Waals surface area (Å²) in [5.41, 5.74) is 2.00. The summed E-state index contributed by atoms with van der Waals surface area (Å²) in [7, 11) is 0. The Labute approximate surface area is 123 Å². The van der Waals surface area contributed by atoms with E-state index in [2.05, 4.69) is 4.99 Å². The minimum Gasteiger partial charge on any atom is -0.475 e. The second-order valence-corrected chi connectivity index (χ2v) is 4.92. The van der Waals surface area contributed by atoms with Crippen molar-refractivity contribution in [3.63, 3.8) is 0 Å². The predicted octanol–water partition coefficient (Wildman–Crippen LogP) is 2.92. The van der Waals surface area contributed by atoms with Gasteiger partial charge in [0.25, 0.3) is 0 Å². The van der Waals surface area contributed by atoms with Gasteiger partial charge in [-0.1, -0.05) is 36.4 Å². The first-order valence-corrected chi connectivity index (χ1v) is 6.93. The van der Waals surface area contributed by atoms with Crippen LogP contribution in [0.15, 0.2) is 59.6 Å². The van der Waals surface area contributed by atoms with E-state index < -0.39 is 6.29 Å². The van der Waals surface area contributed by atoms with E-state index in [1.807, 2.05) is 48.5 Å². The van der Waals surface area contributed by atoms with Gasteiger partial charge in [0.2, 0.25) is 5.90 Å². The van der Waals surface area contributed by atoms with Crippen LogP contribution in [0.4, 0.5) is 0 Å². The van der Waals surface area contributed by atoms with Crippen LogP contribution in [0.25, 0.3) is 0 Å². The highest BCUT2D eigenvalue weighted by molar-refractivity contribution is 5.95. The average Bonchev–Trinajstić information content (AvgIpc) is 2.98. The normalized spacial score (nSPS) is 18.8. The second kappa shape index (κ2) is 5.97. The van der Waals surface area contributed by atoms with Gasteiger partial charge in [-0.25, -0.2) is 4.99 Å². The van der Waals surface area contributed by atoms with Crippen LogP contribution >= 0.6 is 0 Å². The maximum atomic E-state index is 9.27. The number of aliphatic imine (C=N–C) groups is 1. The average molecular weight is 283 g/mol. The van der Waals surface area contributed by atoms with Crippen molar-refractivity contribution in [2.45, 2.75) is 19.3 Å². The van der Waals surface area contributed by atoms with Crippen LogP contribution in [0.2, 0.25) is 0 Å². The molecule has 3 rings (SSSR count). The maximum absolute atomic E-state index is 9.27. The fourth-order valence-corrected chi connectivity index (χ4v) is 2.28. The van der Waals surface area contributed by atoms with Gasteiger partial charge in [0.05, 0.1) is 0 Å². The molecule has 0 aromatic heterocycles. The molecule has 0 saturated carbocycles. The molecule has 2 aromatic rings. The molecule has 2 aromatic carbocycles. The number of hydrogen-bond acceptors (Lipinski definition) is 4. The Morgan fingerprint density at radius 2 is 2.00 bits per heavy atom. The lowest BCUT2D eigenvalue weighted by molar-refractivity contribution is -0.000309. The summed E-state index contributed by atoms with van der Waals surface area (Å²) in [6.45, 7) is 2.11. The maximum Gasteiger partial charge on any atom is 0.217 e. The summed E-state index contributed by atoms with van der Waals surface area (Å²) in [5, 5.41) is 9.27. The Balaban J connectivity index is 1.81. The molecule has 1 N–H and O–H groups in total. The molecule has 1 heterocycles. The van der Waals surface area contributed by atoms with E-state index in [0.29, 0.717) is 18.3 Å². The number of ether oxygens (including phenoxy) is 2. The molecular weight excluding hydrogens is 266 g/mol. The zero-order chi connectivity index (χ0) is 14.7. The summed E-state index contributed by atoms with van der Waals surface area (Å²) in [6, 6.07) is 17.5. The van der Waals surface area contributed by atoms with E-state index in [4.69, 9.17) is 9.47 Å². The summed E-state index contributed by atoms with van der Waals surface area (Å²) >= 11 is 0. The number of rotatable bonds is 4. The largest absolute Gasteiger partial charge is 0.475 e. The number of aliphatic hydroxyl groups excluding tert-OH is 1. The minimum absolute atomic E-state index is 0.0301. The van der Waals surface area contributed by atoms with Gasteiger partial charge in [0, 0.05) is 5.56 Å². The summed E-state index contributed by atoms with van der Waals surface area (Å²) < 4.78 is 11.0. The van der Waals surface area contributed by atoms with Gasteiger partial charge in [0.1, 0.15) is 18.4 Å². The van der Waals surface area contributed by atoms with E-state index in [1.54, 1.807) is 13.0 Å². The molecule has 0 fully saturated rings. The van der Waals surface area contributed by atoms with E-state index in [9.17, 15) is 5.11 Å². The molecule has 108 valence electrons. The Kier molecular flexibility index (Phi) is 3.88. The van der Waals surface area contributed by atoms with Crippen molar-refractivity contribution in [1.29, 1.82) is 0 Å². The zero-order valence-electron chi connectivity index (χ0n) is 11.8. The van der Waals surface area contributed by atoms with Crippen LogP contribution in [0, 0.1) is 0 Å². The third-order valence-electron chi connectivity index (χ3n) is 3.22.